The van der Waals surface area contributed by atoms with Crippen LogP contribution in [0, 0.1) is 44.3 Å². The molecule has 8 heteroatoms. The van der Waals surface area contributed by atoms with Crippen molar-refractivity contribution in [3.05, 3.63) is 70.2 Å². The van der Waals surface area contributed by atoms with Gasteiger partial charge in [-0.15, -0.1) is 0 Å². The third-order valence-corrected chi connectivity index (χ3v) is 10.0. The Balaban J connectivity index is 1.50. The number of amides is 1. The topological polar surface area (TPSA) is 84.6 Å². The van der Waals surface area contributed by atoms with Crippen molar-refractivity contribution in [2.75, 3.05) is 31.1 Å². The van der Waals surface area contributed by atoms with E-state index in [-0.39, 0.29) is 36.8 Å². The quantitative estimate of drug-likeness (QED) is 0.280. The van der Waals surface area contributed by atoms with Crippen molar-refractivity contribution in [1.29, 1.82) is 0 Å². The number of ether oxygens (including phenoxy) is 1. The molecule has 2 aliphatic rings. The number of nitrogens with zero attached hydrogens (tertiary/aromatic N) is 4. The largest absolute Gasteiger partial charge is 0.488 e. The van der Waals surface area contributed by atoms with Crippen LogP contribution in [0.25, 0.3) is 11.4 Å². The normalized spacial score (nSPS) is 22.6. The molecule has 2 aromatic carbocycles. The third kappa shape index (κ3) is 7.49. The van der Waals surface area contributed by atoms with E-state index in [0.717, 1.165) is 57.9 Å². The minimum absolute atomic E-state index is 0.116. The Morgan fingerprint density at radius 3 is 2.44 bits per heavy atom. The van der Waals surface area contributed by atoms with E-state index in [9.17, 15) is 9.18 Å². The molecule has 1 aliphatic heterocycles. The van der Waals surface area contributed by atoms with Crippen molar-refractivity contribution in [1.82, 2.24) is 14.9 Å². The summed E-state index contributed by atoms with van der Waals surface area (Å²) in [6, 6.07) is 11.3. The minimum atomic E-state index is -0.318. The van der Waals surface area contributed by atoms with Crippen molar-refractivity contribution in [3.63, 3.8) is 0 Å². The molecule has 2 heterocycles. The average molecular weight is 616 g/mol. The van der Waals surface area contributed by atoms with Crippen LogP contribution in [-0.2, 0) is 11.4 Å². The lowest BCUT2D eigenvalue weighted by Crippen LogP contribution is -2.54. The van der Waals surface area contributed by atoms with Crippen molar-refractivity contribution < 1.29 is 13.9 Å². The zero-order chi connectivity index (χ0) is 32.4. The van der Waals surface area contributed by atoms with Crippen LogP contribution in [0.4, 0.5) is 10.2 Å². The number of halogens is 1. The Morgan fingerprint density at radius 2 is 1.78 bits per heavy atom. The van der Waals surface area contributed by atoms with Gasteiger partial charge in [0.1, 0.15) is 24.0 Å². The maximum atomic E-state index is 14.7. The van der Waals surface area contributed by atoms with Crippen LogP contribution in [0.5, 0.6) is 5.75 Å². The number of hydrogen-bond donors (Lipinski definition) is 1. The first-order valence-electron chi connectivity index (χ1n) is 16.5. The molecule has 0 radical (unpaired) electrons. The minimum Gasteiger partial charge on any atom is -0.488 e. The lowest BCUT2D eigenvalue weighted by molar-refractivity contribution is -0.119. The molecular formula is C37H50FN5O2. The zero-order valence-electron chi connectivity index (χ0n) is 28.1. The highest BCUT2D eigenvalue weighted by Gasteiger charge is 2.32. The van der Waals surface area contributed by atoms with E-state index >= 15 is 0 Å². The highest BCUT2D eigenvalue weighted by Crippen LogP contribution is 2.45. The fourth-order valence-corrected chi connectivity index (χ4v) is 7.49. The maximum Gasteiger partial charge on any atom is 0.231 e. The van der Waals surface area contributed by atoms with Crippen molar-refractivity contribution in [2.45, 2.75) is 86.3 Å². The van der Waals surface area contributed by atoms with Gasteiger partial charge in [-0.05, 0) is 100.0 Å². The van der Waals surface area contributed by atoms with Gasteiger partial charge in [0, 0.05) is 36.8 Å². The second kappa shape index (κ2) is 13.9. The van der Waals surface area contributed by atoms with E-state index < -0.39 is 0 Å². The molecule has 2 fully saturated rings. The van der Waals surface area contributed by atoms with Gasteiger partial charge in [0.15, 0.2) is 5.82 Å². The van der Waals surface area contributed by atoms with Crippen molar-refractivity contribution in [2.24, 2.45) is 23.5 Å². The molecule has 3 unspecified atom stereocenters. The number of rotatable bonds is 9. The molecule has 1 amide bonds. The monoisotopic (exact) mass is 615 g/mol. The average Bonchev–Trinajstić information content (AvgIpc) is 2.97. The van der Waals surface area contributed by atoms with Gasteiger partial charge >= 0.3 is 0 Å². The number of benzene rings is 2. The van der Waals surface area contributed by atoms with E-state index in [0.29, 0.717) is 43.2 Å². The number of nitrogens with two attached hydrogens (primary N) is 1. The standard InChI is InChI=1S/C37H50FN5O2/c1-22(2)28-15-23(3)16-29(17-28)31-18-30(38)11-12-33(31)45-21-32-27(7)40-36(35-24(4)9-8-10-25(35)5)41-37(32)43-14-13-42(20-34(39)44)26(6)19-43/h8-12,18,22-23,26,28-29H,13-17,19-21H2,1-7H3,(H2,39,44)/t23?,26-,28?,29?/m1/s1. The third-order valence-electron chi connectivity index (χ3n) is 10.0. The van der Waals surface area contributed by atoms with Crippen LogP contribution in [0.2, 0.25) is 0 Å². The smallest absolute Gasteiger partial charge is 0.231 e. The van der Waals surface area contributed by atoms with E-state index in [4.69, 9.17) is 20.4 Å². The first-order chi connectivity index (χ1) is 21.4. The van der Waals surface area contributed by atoms with Gasteiger partial charge in [0.2, 0.25) is 5.91 Å². The van der Waals surface area contributed by atoms with Crippen LogP contribution in [0.15, 0.2) is 36.4 Å². The van der Waals surface area contributed by atoms with E-state index in [1.54, 1.807) is 12.1 Å². The lowest BCUT2D eigenvalue weighted by atomic mass is 9.69. The summed E-state index contributed by atoms with van der Waals surface area (Å²) in [5.41, 5.74) is 11.6. The summed E-state index contributed by atoms with van der Waals surface area (Å²) in [5.74, 6) is 3.80. The molecule has 7 nitrogen and oxygen atoms in total. The highest BCUT2D eigenvalue weighted by molar-refractivity contribution is 5.76. The maximum absolute atomic E-state index is 14.7. The number of primary amides is 1. The SMILES string of the molecule is Cc1cccc(C)c1-c1nc(C)c(COc2ccc(F)cc2C2CC(C)CC(C(C)C)C2)c(N2CCN(CC(N)=O)[C@H](C)C2)n1. The second-order valence-corrected chi connectivity index (χ2v) is 13.9. The van der Waals surface area contributed by atoms with Gasteiger partial charge < -0.3 is 15.4 Å². The summed E-state index contributed by atoms with van der Waals surface area (Å²) >= 11 is 0. The van der Waals surface area contributed by atoms with Gasteiger partial charge in [-0.2, -0.15) is 0 Å². The summed E-state index contributed by atoms with van der Waals surface area (Å²) in [6.45, 7) is 17.8. The first-order valence-corrected chi connectivity index (χ1v) is 16.5. The lowest BCUT2D eigenvalue weighted by Gasteiger charge is -2.40. The van der Waals surface area contributed by atoms with Crippen LogP contribution in [0.3, 0.4) is 0 Å². The molecule has 2 N–H and O–H groups in total. The number of carbonyl (C=O) groups is 1. The molecular weight excluding hydrogens is 565 g/mol. The van der Waals surface area contributed by atoms with Crippen LogP contribution < -0.4 is 15.4 Å². The van der Waals surface area contributed by atoms with Crippen LogP contribution in [-0.4, -0.2) is 53.0 Å². The molecule has 4 atom stereocenters. The fraction of sp³-hybridized carbons (Fsp3) is 0.541. The van der Waals surface area contributed by atoms with Crippen molar-refractivity contribution in [3.8, 4) is 17.1 Å². The predicted molar refractivity (Wildman–Crippen MR) is 179 cm³/mol. The summed E-state index contributed by atoms with van der Waals surface area (Å²) < 4.78 is 21.3. The van der Waals surface area contributed by atoms with Crippen molar-refractivity contribution >= 4 is 11.7 Å². The van der Waals surface area contributed by atoms with Gasteiger partial charge in [0.25, 0.3) is 0 Å². The Bertz CT molecular complexity index is 1500. The summed E-state index contributed by atoms with van der Waals surface area (Å²) in [6.07, 6.45) is 3.30. The molecule has 242 valence electrons. The molecule has 45 heavy (non-hydrogen) atoms. The first kappa shape index (κ1) is 32.9. The molecule has 3 aromatic rings. The molecule has 5 rings (SSSR count). The van der Waals surface area contributed by atoms with E-state index in [2.05, 4.69) is 69.5 Å². The van der Waals surface area contributed by atoms with Gasteiger partial charge in [0.05, 0.1) is 17.8 Å². The summed E-state index contributed by atoms with van der Waals surface area (Å²) in [7, 11) is 0. The fourth-order valence-electron chi connectivity index (χ4n) is 7.49. The molecule has 0 bridgehead atoms. The molecule has 1 saturated carbocycles. The highest BCUT2D eigenvalue weighted by atomic mass is 19.1. The zero-order valence-corrected chi connectivity index (χ0v) is 28.1. The second-order valence-electron chi connectivity index (χ2n) is 13.9. The predicted octanol–water partition coefficient (Wildman–Crippen LogP) is 6.96. The van der Waals surface area contributed by atoms with Crippen LogP contribution >= 0.6 is 0 Å². The summed E-state index contributed by atoms with van der Waals surface area (Å²) in [4.78, 5) is 26.3. The van der Waals surface area contributed by atoms with Gasteiger partial charge in [-0.25, -0.2) is 14.4 Å². The number of hydrogen-bond acceptors (Lipinski definition) is 6. The van der Waals surface area contributed by atoms with E-state index in [1.165, 1.54) is 12.5 Å². The Kier molecular flexibility index (Phi) is 10.1. The number of aryl methyl sites for hydroxylation is 3. The molecule has 1 aliphatic carbocycles. The van der Waals surface area contributed by atoms with Gasteiger partial charge in [-0.1, -0.05) is 39.0 Å². The van der Waals surface area contributed by atoms with Gasteiger partial charge in [-0.3, -0.25) is 9.69 Å². The Labute approximate surface area is 268 Å². The Morgan fingerprint density at radius 1 is 1.04 bits per heavy atom. The molecule has 0 spiro atoms. The van der Waals surface area contributed by atoms with Crippen LogP contribution in [0.1, 0.15) is 80.8 Å². The molecule has 1 aromatic heterocycles. The Hall–Kier alpha value is -3.52. The molecule has 1 saturated heterocycles. The number of carbonyl (C=O) groups excluding carboxylic acids is 1. The summed E-state index contributed by atoms with van der Waals surface area (Å²) in [5, 5.41) is 0. The van der Waals surface area contributed by atoms with E-state index in [1.807, 2.05) is 6.92 Å². The number of piperazine rings is 1. The number of aromatic nitrogens is 2. The number of anilines is 1.